The molecule has 0 amide bonds. The van der Waals surface area contributed by atoms with Crippen LogP contribution in [0.3, 0.4) is 0 Å². The molecule has 136 valence electrons. The van der Waals surface area contributed by atoms with E-state index in [4.69, 9.17) is 9.15 Å². The first kappa shape index (κ1) is 18.4. The summed E-state index contributed by atoms with van der Waals surface area (Å²) >= 11 is 0. The van der Waals surface area contributed by atoms with E-state index in [2.05, 4.69) is 16.8 Å². The van der Waals surface area contributed by atoms with Crippen molar-refractivity contribution in [2.24, 2.45) is 0 Å². The summed E-state index contributed by atoms with van der Waals surface area (Å²) in [5.41, 5.74) is -0.541. The van der Waals surface area contributed by atoms with Gasteiger partial charge in [-0.25, -0.2) is 9.78 Å². The molecule has 1 N–H and O–H groups in total. The molecule has 0 aliphatic rings. The second-order valence-corrected chi connectivity index (χ2v) is 5.87. The Bertz CT molecular complexity index is 954. The number of hydrogen-bond acceptors (Lipinski definition) is 5. The van der Waals surface area contributed by atoms with E-state index in [9.17, 15) is 9.90 Å². The molecule has 0 saturated carbocycles. The van der Waals surface area contributed by atoms with Crippen molar-refractivity contribution in [3.8, 4) is 23.3 Å². The number of esters is 1. The molecule has 0 unspecified atom stereocenters. The molecule has 1 heterocycles. The van der Waals surface area contributed by atoms with Crippen LogP contribution in [0.15, 0.2) is 71.3 Å². The minimum absolute atomic E-state index is 0.139. The van der Waals surface area contributed by atoms with Gasteiger partial charge in [0.25, 0.3) is 0 Å². The minimum atomic E-state index is -2.03. The lowest BCUT2D eigenvalue weighted by Crippen LogP contribution is -2.41. The lowest BCUT2D eigenvalue weighted by atomic mass is 9.98. The Morgan fingerprint density at radius 1 is 1.15 bits per heavy atom. The molecule has 5 heteroatoms. The van der Waals surface area contributed by atoms with Crippen LogP contribution in [0.25, 0.3) is 11.5 Å². The number of carbonyl (C=O) groups is 1. The first-order valence-electron chi connectivity index (χ1n) is 8.58. The van der Waals surface area contributed by atoms with E-state index in [0.29, 0.717) is 17.2 Å². The van der Waals surface area contributed by atoms with Gasteiger partial charge in [-0.05, 0) is 31.2 Å². The second-order valence-electron chi connectivity index (χ2n) is 5.87. The van der Waals surface area contributed by atoms with Gasteiger partial charge in [-0.15, -0.1) is 0 Å². The Morgan fingerprint density at radius 2 is 1.81 bits per heavy atom. The largest absolute Gasteiger partial charge is 0.463 e. The fraction of sp³-hybridized carbons (Fsp3) is 0.182. The Hall–Kier alpha value is -3.36. The summed E-state index contributed by atoms with van der Waals surface area (Å²) < 4.78 is 10.7. The highest BCUT2D eigenvalue weighted by atomic mass is 16.5. The molecule has 1 atom stereocenters. The standard InChI is InChI=1S/C22H19NO4/c1-2-26-21(24)22(25,14-13-17-9-5-3-6-10-17)15-19-16-23-20(27-19)18-11-7-4-8-12-18/h3-12,16,25H,2,15H2,1H3/t22-/m0/s1. The molecule has 5 nitrogen and oxygen atoms in total. The van der Waals surface area contributed by atoms with Crippen LogP contribution in [0, 0.1) is 11.8 Å². The normalized spacial score (nSPS) is 12.5. The van der Waals surface area contributed by atoms with Crippen molar-refractivity contribution in [2.75, 3.05) is 6.61 Å². The molecule has 0 fully saturated rings. The molecule has 0 radical (unpaired) electrons. The summed E-state index contributed by atoms with van der Waals surface area (Å²) in [4.78, 5) is 16.5. The molecular formula is C22H19NO4. The van der Waals surface area contributed by atoms with E-state index in [-0.39, 0.29) is 13.0 Å². The van der Waals surface area contributed by atoms with Gasteiger partial charge in [-0.1, -0.05) is 48.2 Å². The maximum absolute atomic E-state index is 12.3. The molecule has 1 aromatic heterocycles. The molecule has 3 aromatic rings. The van der Waals surface area contributed by atoms with Crippen molar-refractivity contribution < 1.29 is 19.1 Å². The zero-order chi connectivity index (χ0) is 19.1. The molecule has 0 bridgehead atoms. The van der Waals surface area contributed by atoms with E-state index in [1.165, 1.54) is 6.20 Å². The molecular weight excluding hydrogens is 342 g/mol. The third-order valence-corrected chi connectivity index (χ3v) is 3.80. The SMILES string of the molecule is CCOC(=O)[C@](O)(C#Cc1ccccc1)Cc1cnc(-c2ccccc2)o1. The summed E-state index contributed by atoms with van der Waals surface area (Å²) in [5.74, 6) is 5.39. The number of nitrogens with zero attached hydrogens (tertiary/aromatic N) is 1. The predicted molar refractivity (Wildman–Crippen MR) is 101 cm³/mol. The van der Waals surface area contributed by atoms with Gasteiger partial charge < -0.3 is 14.3 Å². The highest BCUT2D eigenvalue weighted by molar-refractivity contribution is 5.84. The van der Waals surface area contributed by atoms with Crippen molar-refractivity contribution in [1.29, 1.82) is 0 Å². The molecule has 3 rings (SSSR count). The third-order valence-electron chi connectivity index (χ3n) is 3.80. The van der Waals surface area contributed by atoms with Crippen molar-refractivity contribution in [1.82, 2.24) is 4.98 Å². The van der Waals surface area contributed by atoms with Gasteiger partial charge in [0.15, 0.2) is 0 Å². The van der Waals surface area contributed by atoms with Crippen LogP contribution in [-0.4, -0.2) is 28.3 Å². The van der Waals surface area contributed by atoms with Gasteiger partial charge in [-0.3, -0.25) is 0 Å². The van der Waals surface area contributed by atoms with Crippen LogP contribution in [0.2, 0.25) is 0 Å². The number of aliphatic hydroxyl groups is 1. The number of rotatable bonds is 5. The van der Waals surface area contributed by atoms with Gasteiger partial charge in [0, 0.05) is 11.1 Å². The smallest absolute Gasteiger partial charge is 0.351 e. The summed E-state index contributed by atoms with van der Waals surface area (Å²) in [6.45, 7) is 1.81. The molecule has 0 aliphatic heterocycles. The third kappa shape index (κ3) is 4.63. The van der Waals surface area contributed by atoms with Gasteiger partial charge in [-0.2, -0.15) is 0 Å². The molecule has 0 aliphatic carbocycles. The number of oxazole rings is 1. The zero-order valence-corrected chi connectivity index (χ0v) is 14.9. The number of hydrogen-bond donors (Lipinski definition) is 1. The Labute approximate surface area is 157 Å². The fourth-order valence-electron chi connectivity index (χ4n) is 2.47. The molecule has 27 heavy (non-hydrogen) atoms. The average Bonchev–Trinajstić information content (AvgIpc) is 3.16. The monoisotopic (exact) mass is 361 g/mol. The van der Waals surface area contributed by atoms with Crippen LogP contribution < -0.4 is 0 Å². The Kier molecular flexibility index (Phi) is 5.70. The van der Waals surface area contributed by atoms with Crippen LogP contribution in [0.4, 0.5) is 0 Å². The zero-order valence-electron chi connectivity index (χ0n) is 14.9. The van der Waals surface area contributed by atoms with Crippen LogP contribution >= 0.6 is 0 Å². The van der Waals surface area contributed by atoms with Gasteiger partial charge >= 0.3 is 5.97 Å². The van der Waals surface area contributed by atoms with Gasteiger partial charge in [0.2, 0.25) is 11.5 Å². The van der Waals surface area contributed by atoms with Crippen molar-refractivity contribution >= 4 is 5.97 Å². The summed E-state index contributed by atoms with van der Waals surface area (Å²) in [7, 11) is 0. The lowest BCUT2D eigenvalue weighted by molar-refractivity contribution is -0.159. The second kappa shape index (κ2) is 8.35. The average molecular weight is 361 g/mol. The van der Waals surface area contributed by atoms with Gasteiger partial charge in [0.05, 0.1) is 19.2 Å². The fourth-order valence-corrected chi connectivity index (χ4v) is 2.47. The highest BCUT2D eigenvalue weighted by Gasteiger charge is 2.37. The van der Waals surface area contributed by atoms with Crippen LogP contribution in [0.5, 0.6) is 0 Å². The first-order chi connectivity index (χ1) is 13.1. The first-order valence-corrected chi connectivity index (χ1v) is 8.58. The van der Waals surface area contributed by atoms with Crippen molar-refractivity contribution in [2.45, 2.75) is 18.9 Å². The maximum Gasteiger partial charge on any atom is 0.351 e. The summed E-state index contributed by atoms with van der Waals surface area (Å²) in [6.07, 6.45) is 1.32. The molecule has 0 spiro atoms. The van der Waals surface area contributed by atoms with Crippen molar-refractivity contribution in [3.63, 3.8) is 0 Å². The van der Waals surface area contributed by atoms with Crippen molar-refractivity contribution in [3.05, 3.63) is 78.2 Å². The van der Waals surface area contributed by atoms with E-state index >= 15 is 0 Å². The minimum Gasteiger partial charge on any atom is -0.463 e. The number of benzene rings is 2. The Balaban J connectivity index is 1.87. The van der Waals surface area contributed by atoms with E-state index in [1.54, 1.807) is 19.1 Å². The highest BCUT2D eigenvalue weighted by Crippen LogP contribution is 2.22. The van der Waals surface area contributed by atoms with Gasteiger partial charge in [0.1, 0.15) is 5.76 Å². The lowest BCUT2D eigenvalue weighted by Gasteiger charge is -2.18. The topological polar surface area (TPSA) is 72.6 Å². The number of carbonyl (C=O) groups excluding carboxylic acids is 1. The summed E-state index contributed by atoms with van der Waals surface area (Å²) in [6, 6.07) is 18.5. The van der Waals surface area contributed by atoms with E-state index < -0.39 is 11.6 Å². The number of aromatic nitrogens is 1. The Morgan fingerprint density at radius 3 is 2.48 bits per heavy atom. The van der Waals surface area contributed by atoms with Crippen LogP contribution in [0.1, 0.15) is 18.2 Å². The van der Waals surface area contributed by atoms with Crippen LogP contribution in [-0.2, 0) is 16.0 Å². The van der Waals surface area contributed by atoms with E-state index in [0.717, 1.165) is 5.56 Å². The predicted octanol–water partition coefficient (Wildman–Crippen LogP) is 3.23. The quantitative estimate of drug-likeness (QED) is 0.558. The molecule has 0 saturated heterocycles. The van der Waals surface area contributed by atoms with E-state index in [1.807, 2.05) is 48.5 Å². The summed E-state index contributed by atoms with van der Waals surface area (Å²) in [5, 5.41) is 10.9. The maximum atomic E-state index is 12.3. The molecule has 2 aromatic carbocycles. The number of ether oxygens (including phenoxy) is 1.